The van der Waals surface area contributed by atoms with Crippen molar-refractivity contribution >= 4 is 23.2 Å². The van der Waals surface area contributed by atoms with Crippen LogP contribution >= 0.6 is 11.6 Å². The van der Waals surface area contributed by atoms with Crippen LogP contribution < -0.4 is 5.32 Å². The summed E-state index contributed by atoms with van der Waals surface area (Å²) < 4.78 is 0. The molecule has 3 nitrogen and oxygen atoms in total. The lowest BCUT2D eigenvalue weighted by Gasteiger charge is -2.26. The summed E-state index contributed by atoms with van der Waals surface area (Å²) in [4.78, 5) is 13.7. The van der Waals surface area contributed by atoms with E-state index in [9.17, 15) is 4.79 Å². The number of likely N-dealkylation sites (tertiary alicyclic amines) is 1. The molecule has 2 rings (SSSR count). The third kappa shape index (κ3) is 4.08. The Bertz CT molecular complexity index is 467. The summed E-state index contributed by atoms with van der Waals surface area (Å²) in [5, 5.41) is 3.51. The second-order valence-electron chi connectivity index (χ2n) is 4.84. The van der Waals surface area contributed by atoms with Gasteiger partial charge in [-0.2, -0.15) is 0 Å². The smallest absolute Gasteiger partial charge is 0.247 e. The maximum Gasteiger partial charge on any atom is 0.247 e. The number of hydrogen-bond donors (Lipinski definition) is 1. The minimum Gasteiger partial charge on any atom is -0.323 e. The lowest BCUT2D eigenvalue weighted by atomic mass is 10.1. The van der Waals surface area contributed by atoms with Crippen LogP contribution in [0, 0.1) is 0 Å². The Morgan fingerprint density at radius 2 is 2.11 bits per heavy atom. The van der Waals surface area contributed by atoms with Gasteiger partial charge in [0, 0.05) is 17.3 Å². The summed E-state index contributed by atoms with van der Waals surface area (Å²) in [5.41, 5.74) is 1.83. The highest BCUT2D eigenvalue weighted by molar-refractivity contribution is 6.31. The summed E-state index contributed by atoms with van der Waals surface area (Å²) in [7, 11) is 0. The fourth-order valence-electron chi connectivity index (χ4n) is 2.33. The highest BCUT2D eigenvalue weighted by atomic mass is 35.5. The third-order valence-electron chi connectivity index (χ3n) is 3.34. The molecule has 0 aliphatic carbocycles. The van der Waals surface area contributed by atoms with Gasteiger partial charge in [0.05, 0.1) is 0 Å². The first-order chi connectivity index (χ1) is 9.19. The standard InChI is InChI=1S/C15H19ClN2O/c1-2-15(19)17-13-6-7-14(16)12(10-13)11-18-8-4-3-5-9-18/h2,6-7,10H,1,3-5,8-9,11H2,(H,17,19). The van der Waals surface area contributed by atoms with Gasteiger partial charge < -0.3 is 5.32 Å². The van der Waals surface area contributed by atoms with Gasteiger partial charge in [-0.3, -0.25) is 9.69 Å². The van der Waals surface area contributed by atoms with Gasteiger partial charge in [0.2, 0.25) is 5.91 Å². The second kappa shape index (κ2) is 6.73. The van der Waals surface area contributed by atoms with Crippen LogP contribution in [-0.4, -0.2) is 23.9 Å². The molecule has 1 aliphatic rings. The summed E-state index contributed by atoms with van der Waals surface area (Å²) in [6.45, 7) is 6.54. The monoisotopic (exact) mass is 278 g/mol. The van der Waals surface area contributed by atoms with Crippen molar-refractivity contribution in [2.75, 3.05) is 18.4 Å². The Morgan fingerprint density at radius 3 is 2.79 bits per heavy atom. The first kappa shape index (κ1) is 14.1. The van der Waals surface area contributed by atoms with Crippen molar-refractivity contribution in [2.24, 2.45) is 0 Å². The van der Waals surface area contributed by atoms with E-state index >= 15 is 0 Å². The van der Waals surface area contributed by atoms with Gasteiger partial charge in [0.15, 0.2) is 0 Å². The number of nitrogens with zero attached hydrogens (tertiary/aromatic N) is 1. The van der Waals surface area contributed by atoms with E-state index in [1.807, 2.05) is 18.2 Å². The second-order valence-corrected chi connectivity index (χ2v) is 5.24. The molecule has 1 aliphatic heterocycles. The summed E-state index contributed by atoms with van der Waals surface area (Å²) in [5.74, 6) is -0.203. The average molecular weight is 279 g/mol. The molecule has 0 spiro atoms. The maximum absolute atomic E-state index is 11.3. The fraction of sp³-hybridized carbons (Fsp3) is 0.400. The SMILES string of the molecule is C=CC(=O)Nc1ccc(Cl)c(CN2CCCCC2)c1. The lowest BCUT2D eigenvalue weighted by molar-refractivity contribution is -0.111. The predicted molar refractivity (Wildman–Crippen MR) is 79.4 cm³/mol. The van der Waals surface area contributed by atoms with E-state index in [0.717, 1.165) is 35.9 Å². The van der Waals surface area contributed by atoms with Gasteiger partial charge >= 0.3 is 0 Å². The van der Waals surface area contributed by atoms with Crippen molar-refractivity contribution in [3.63, 3.8) is 0 Å². The van der Waals surface area contributed by atoms with Crippen LogP contribution in [0.5, 0.6) is 0 Å². The van der Waals surface area contributed by atoms with E-state index in [1.165, 1.54) is 25.3 Å². The summed E-state index contributed by atoms with van der Waals surface area (Å²) in [6.07, 6.45) is 5.09. The van der Waals surface area contributed by atoms with Crippen LogP contribution in [0.25, 0.3) is 0 Å². The van der Waals surface area contributed by atoms with E-state index in [1.54, 1.807) is 0 Å². The number of hydrogen-bond acceptors (Lipinski definition) is 2. The quantitative estimate of drug-likeness (QED) is 0.856. The zero-order valence-corrected chi connectivity index (χ0v) is 11.7. The Balaban J connectivity index is 2.07. The number of benzene rings is 1. The zero-order valence-electron chi connectivity index (χ0n) is 11.0. The van der Waals surface area contributed by atoms with Gasteiger partial charge in [0.25, 0.3) is 0 Å². The number of rotatable bonds is 4. The molecule has 0 radical (unpaired) electrons. The molecule has 0 unspecified atom stereocenters. The molecule has 1 aromatic rings. The van der Waals surface area contributed by atoms with Crippen molar-refractivity contribution < 1.29 is 4.79 Å². The molecule has 1 aromatic carbocycles. The molecule has 0 saturated carbocycles. The molecular weight excluding hydrogens is 260 g/mol. The van der Waals surface area contributed by atoms with Crippen molar-refractivity contribution in [3.05, 3.63) is 41.4 Å². The Morgan fingerprint density at radius 1 is 1.37 bits per heavy atom. The van der Waals surface area contributed by atoms with Crippen molar-refractivity contribution in [2.45, 2.75) is 25.8 Å². The summed E-state index contributed by atoms with van der Waals surface area (Å²) >= 11 is 6.23. The first-order valence-electron chi connectivity index (χ1n) is 6.63. The molecule has 1 heterocycles. The largest absolute Gasteiger partial charge is 0.323 e. The molecule has 1 N–H and O–H groups in total. The predicted octanol–water partition coefficient (Wildman–Crippen LogP) is 3.45. The number of carbonyl (C=O) groups is 1. The number of carbonyl (C=O) groups excluding carboxylic acids is 1. The highest BCUT2D eigenvalue weighted by Crippen LogP contribution is 2.23. The van der Waals surface area contributed by atoms with Gasteiger partial charge in [0.1, 0.15) is 0 Å². The minimum absolute atomic E-state index is 0.203. The van der Waals surface area contributed by atoms with Crippen LogP contribution in [0.1, 0.15) is 24.8 Å². The van der Waals surface area contributed by atoms with Gasteiger partial charge in [-0.1, -0.05) is 24.6 Å². The molecule has 1 amide bonds. The van der Waals surface area contributed by atoms with Gasteiger partial charge in [-0.15, -0.1) is 0 Å². The first-order valence-corrected chi connectivity index (χ1v) is 7.01. The number of piperidine rings is 1. The van der Waals surface area contributed by atoms with Crippen molar-refractivity contribution in [1.29, 1.82) is 0 Å². The van der Waals surface area contributed by atoms with Gasteiger partial charge in [-0.25, -0.2) is 0 Å². The molecule has 102 valence electrons. The molecular formula is C15H19ClN2O. The highest BCUT2D eigenvalue weighted by Gasteiger charge is 2.12. The average Bonchev–Trinajstić information content (AvgIpc) is 2.43. The van der Waals surface area contributed by atoms with Crippen LogP contribution in [0.3, 0.4) is 0 Å². The fourth-order valence-corrected chi connectivity index (χ4v) is 2.50. The van der Waals surface area contributed by atoms with E-state index in [2.05, 4.69) is 16.8 Å². The number of amides is 1. The normalized spacial score (nSPS) is 16.1. The summed E-state index contributed by atoms with van der Waals surface area (Å²) in [6, 6.07) is 5.58. The van der Waals surface area contributed by atoms with Crippen molar-refractivity contribution in [1.82, 2.24) is 4.90 Å². The lowest BCUT2D eigenvalue weighted by Crippen LogP contribution is -2.29. The van der Waals surface area contributed by atoms with E-state index in [4.69, 9.17) is 11.6 Å². The zero-order chi connectivity index (χ0) is 13.7. The molecule has 0 bridgehead atoms. The Kier molecular flexibility index (Phi) is 5.00. The topological polar surface area (TPSA) is 32.3 Å². The van der Waals surface area contributed by atoms with E-state index in [-0.39, 0.29) is 5.91 Å². The van der Waals surface area contributed by atoms with Gasteiger partial charge in [-0.05, 0) is 55.8 Å². The molecule has 19 heavy (non-hydrogen) atoms. The number of anilines is 1. The third-order valence-corrected chi connectivity index (χ3v) is 3.71. The number of nitrogens with one attached hydrogen (secondary N) is 1. The maximum atomic E-state index is 11.3. The minimum atomic E-state index is -0.203. The van der Waals surface area contributed by atoms with Crippen molar-refractivity contribution in [3.8, 4) is 0 Å². The van der Waals surface area contributed by atoms with Crippen LogP contribution in [-0.2, 0) is 11.3 Å². The molecule has 0 atom stereocenters. The van der Waals surface area contributed by atoms with Crippen LogP contribution in [0.4, 0.5) is 5.69 Å². The Labute approximate surface area is 119 Å². The number of halogens is 1. The molecule has 1 saturated heterocycles. The van der Waals surface area contributed by atoms with Crippen LogP contribution in [0.2, 0.25) is 5.02 Å². The Hall–Kier alpha value is -1.32. The molecule has 0 aromatic heterocycles. The molecule has 4 heteroatoms. The molecule has 1 fully saturated rings. The van der Waals surface area contributed by atoms with E-state index in [0.29, 0.717) is 0 Å². The van der Waals surface area contributed by atoms with E-state index < -0.39 is 0 Å². The van der Waals surface area contributed by atoms with Crippen LogP contribution in [0.15, 0.2) is 30.9 Å².